The van der Waals surface area contributed by atoms with Crippen LogP contribution in [0.1, 0.15) is 64.0 Å². The van der Waals surface area contributed by atoms with Gasteiger partial charge in [0.15, 0.2) is 0 Å². The zero-order valence-electron chi connectivity index (χ0n) is 21.0. The summed E-state index contributed by atoms with van der Waals surface area (Å²) >= 11 is 0. The van der Waals surface area contributed by atoms with Gasteiger partial charge in [0.1, 0.15) is 0 Å². The van der Waals surface area contributed by atoms with Crippen molar-refractivity contribution in [2.75, 3.05) is 0 Å². The molecule has 0 aliphatic carbocycles. The Morgan fingerprint density at radius 2 is 1.34 bits per heavy atom. The van der Waals surface area contributed by atoms with E-state index >= 15 is 0 Å². The maximum atomic E-state index is 11.5. The zero-order chi connectivity index (χ0) is 24.6. The molecule has 0 N–H and O–H groups in total. The minimum atomic E-state index is -0.367. The Kier molecular flexibility index (Phi) is 15.1. The number of para-hydroxylation sites is 2. The van der Waals surface area contributed by atoms with Gasteiger partial charge in [-0.1, -0.05) is 94.1 Å². The zero-order valence-corrected chi connectivity index (χ0v) is 22.0. The van der Waals surface area contributed by atoms with Crippen molar-refractivity contribution in [1.82, 2.24) is 0 Å². The van der Waals surface area contributed by atoms with E-state index in [1.807, 2.05) is 73.8 Å². The Bertz CT molecular complexity index is 1030. The molecule has 3 rings (SSSR count). The van der Waals surface area contributed by atoms with Crippen LogP contribution < -0.4 is 10.2 Å². The standard InChI is InChI=1S/C18H20N2.C12H18O2.Ni/c1-2-3-10-18(20-17-13-8-5-9-14-17)15-19-16-11-6-4-7-12-16;1-3-5-9-7-8-11(13)12(14)10(9)6-4-2;/h4-9,11-15H,2-3,10H2,1H3;7-8,13-14H,3-6H2,1-2H3;/q;;+2/p-2. The molecule has 0 radical (unpaired) electrons. The summed E-state index contributed by atoms with van der Waals surface area (Å²) in [7, 11) is 0. The van der Waals surface area contributed by atoms with Crippen molar-refractivity contribution in [3.05, 3.63) is 83.9 Å². The van der Waals surface area contributed by atoms with Crippen LogP contribution in [0.2, 0.25) is 0 Å². The van der Waals surface area contributed by atoms with Crippen LogP contribution in [0.5, 0.6) is 11.5 Å². The molecule has 0 amide bonds. The molecule has 35 heavy (non-hydrogen) atoms. The Morgan fingerprint density at radius 1 is 0.743 bits per heavy atom. The summed E-state index contributed by atoms with van der Waals surface area (Å²) in [6, 6.07) is 23.2. The average molecular weight is 515 g/mol. The largest absolute Gasteiger partial charge is 2.00 e. The van der Waals surface area contributed by atoms with Crippen molar-refractivity contribution >= 4 is 23.3 Å². The van der Waals surface area contributed by atoms with Crippen LogP contribution in [0.25, 0.3) is 0 Å². The molecular formula is C30H36N2NiO2. The van der Waals surface area contributed by atoms with Gasteiger partial charge in [0.2, 0.25) is 0 Å². The second-order valence-corrected chi connectivity index (χ2v) is 8.17. The summed E-state index contributed by atoms with van der Waals surface area (Å²) < 4.78 is 0. The van der Waals surface area contributed by atoms with Gasteiger partial charge in [-0.05, 0) is 55.5 Å². The van der Waals surface area contributed by atoms with Gasteiger partial charge in [-0.15, -0.1) is 11.5 Å². The fourth-order valence-electron chi connectivity index (χ4n) is 3.51. The Labute approximate surface area is 220 Å². The molecule has 5 heteroatoms. The van der Waals surface area contributed by atoms with Gasteiger partial charge in [0.05, 0.1) is 17.1 Å². The number of benzene rings is 3. The molecule has 0 fully saturated rings. The summed E-state index contributed by atoms with van der Waals surface area (Å²) in [4.78, 5) is 9.18. The molecule has 0 heterocycles. The monoisotopic (exact) mass is 514 g/mol. The van der Waals surface area contributed by atoms with Crippen LogP contribution >= 0.6 is 0 Å². The topological polar surface area (TPSA) is 70.8 Å². The molecule has 0 aliphatic heterocycles. The van der Waals surface area contributed by atoms with Gasteiger partial charge < -0.3 is 10.2 Å². The number of unbranched alkanes of at least 4 members (excludes halogenated alkanes) is 1. The average Bonchev–Trinajstić information content (AvgIpc) is 2.87. The van der Waals surface area contributed by atoms with E-state index in [9.17, 15) is 10.2 Å². The van der Waals surface area contributed by atoms with E-state index in [1.165, 1.54) is 6.07 Å². The minimum Gasteiger partial charge on any atom is -0.873 e. The predicted molar refractivity (Wildman–Crippen MR) is 141 cm³/mol. The van der Waals surface area contributed by atoms with Crippen molar-refractivity contribution in [2.45, 2.75) is 65.7 Å². The number of hydrogen-bond donors (Lipinski definition) is 0. The maximum absolute atomic E-state index is 11.5. The number of aliphatic imine (C=N–C) groups is 2. The third kappa shape index (κ3) is 10.9. The second-order valence-electron chi connectivity index (χ2n) is 8.17. The van der Waals surface area contributed by atoms with Gasteiger partial charge >= 0.3 is 16.5 Å². The van der Waals surface area contributed by atoms with Crippen molar-refractivity contribution in [2.24, 2.45) is 9.98 Å². The van der Waals surface area contributed by atoms with Gasteiger partial charge in [-0.25, -0.2) is 0 Å². The van der Waals surface area contributed by atoms with Crippen LogP contribution in [0.4, 0.5) is 11.4 Å². The Balaban J connectivity index is 0.000000362. The normalized spacial score (nSPS) is 11.0. The van der Waals surface area contributed by atoms with E-state index in [4.69, 9.17) is 0 Å². The first kappa shape index (κ1) is 30.1. The van der Waals surface area contributed by atoms with Gasteiger partial charge in [-0.3, -0.25) is 9.98 Å². The summed E-state index contributed by atoms with van der Waals surface area (Å²) in [5, 5.41) is 22.7. The van der Waals surface area contributed by atoms with E-state index < -0.39 is 0 Å². The van der Waals surface area contributed by atoms with Crippen molar-refractivity contribution in [3.63, 3.8) is 0 Å². The quantitative estimate of drug-likeness (QED) is 0.214. The fraction of sp³-hybridized carbons (Fsp3) is 0.333. The van der Waals surface area contributed by atoms with E-state index in [0.29, 0.717) is 0 Å². The van der Waals surface area contributed by atoms with Crippen LogP contribution in [-0.2, 0) is 29.3 Å². The maximum Gasteiger partial charge on any atom is 2.00 e. The number of rotatable bonds is 10. The number of nitrogens with zero attached hydrogens (tertiary/aromatic N) is 2. The summed E-state index contributed by atoms with van der Waals surface area (Å²) in [6.45, 7) is 6.28. The van der Waals surface area contributed by atoms with Gasteiger partial charge in [-0.2, -0.15) is 0 Å². The first-order valence-corrected chi connectivity index (χ1v) is 12.3. The van der Waals surface area contributed by atoms with E-state index in [2.05, 4.69) is 23.8 Å². The van der Waals surface area contributed by atoms with Gasteiger partial charge in [0.25, 0.3) is 0 Å². The second kappa shape index (κ2) is 17.5. The Morgan fingerprint density at radius 3 is 1.91 bits per heavy atom. The van der Waals surface area contributed by atoms with Crippen LogP contribution in [0.3, 0.4) is 0 Å². The van der Waals surface area contributed by atoms with E-state index in [0.717, 1.165) is 73.2 Å². The smallest absolute Gasteiger partial charge is 0.873 e. The molecule has 0 unspecified atom stereocenters. The number of aryl methyl sites for hydroxylation is 1. The summed E-state index contributed by atoms with van der Waals surface area (Å²) in [5.74, 6) is -0.661. The third-order valence-corrected chi connectivity index (χ3v) is 5.27. The third-order valence-electron chi connectivity index (χ3n) is 5.27. The summed E-state index contributed by atoms with van der Waals surface area (Å²) in [6.07, 6.45) is 8.68. The first-order valence-electron chi connectivity index (χ1n) is 12.3. The molecule has 0 spiro atoms. The Hall–Kier alpha value is -2.91. The molecule has 3 aromatic carbocycles. The van der Waals surface area contributed by atoms with Crippen LogP contribution in [0.15, 0.2) is 82.8 Å². The van der Waals surface area contributed by atoms with Gasteiger partial charge in [0, 0.05) is 6.21 Å². The number of hydrogen-bond acceptors (Lipinski definition) is 4. The van der Waals surface area contributed by atoms with E-state index in [-0.39, 0.29) is 28.0 Å². The van der Waals surface area contributed by atoms with Crippen molar-refractivity contribution < 1.29 is 26.7 Å². The molecule has 4 nitrogen and oxygen atoms in total. The molecule has 188 valence electrons. The van der Waals surface area contributed by atoms with Crippen LogP contribution in [0, 0.1) is 0 Å². The molecule has 0 aliphatic rings. The molecular weight excluding hydrogens is 479 g/mol. The minimum absolute atomic E-state index is 0. The van der Waals surface area contributed by atoms with Crippen molar-refractivity contribution in [3.8, 4) is 11.5 Å². The molecule has 0 bridgehead atoms. The summed E-state index contributed by atoms with van der Waals surface area (Å²) in [5.41, 5.74) is 4.77. The van der Waals surface area contributed by atoms with Crippen molar-refractivity contribution in [1.29, 1.82) is 0 Å². The first-order chi connectivity index (χ1) is 16.6. The SMILES string of the molecule is CCCCC(C=Nc1ccccc1)=Nc1ccccc1.CCCc1ccc([O-])c([O-])c1CCC.[Ni+2]. The van der Waals surface area contributed by atoms with Crippen LogP contribution in [-0.4, -0.2) is 11.9 Å². The fourth-order valence-corrected chi connectivity index (χ4v) is 3.51. The molecule has 0 atom stereocenters. The predicted octanol–water partition coefficient (Wildman–Crippen LogP) is 7.09. The molecule has 0 saturated carbocycles. The van der Waals surface area contributed by atoms with E-state index in [1.54, 1.807) is 6.07 Å². The molecule has 0 saturated heterocycles. The molecule has 3 aromatic rings. The molecule has 0 aromatic heterocycles.